The largest absolute Gasteiger partial charge is 0.297 e. The predicted molar refractivity (Wildman–Crippen MR) is 140 cm³/mol. The van der Waals surface area contributed by atoms with Crippen LogP contribution in [0.2, 0.25) is 13.1 Å². The standard InChI is InChI=1S/C28H30NOPSi/c1-23-14-13-15-24(22-23)28(32(2,3)27-20-11-6-12-21-27)29-31(30,25-16-7-4-8-17-25)26-18-9-5-10-19-26/h4-22,28H,1-3H3,(H,29,30). The van der Waals surface area contributed by atoms with Crippen LogP contribution < -0.4 is 20.9 Å². The Morgan fingerprint density at radius 1 is 0.688 bits per heavy atom. The highest BCUT2D eigenvalue weighted by Crippen LogP contribution is 2.44. The third kappa shape index (κ3) is 4.56. The fourth-order valence-electron chi connectivity index (χ4n) is 4.29. The zero-order valence-electron chi connectivity index (χ0n) is 18.9. The van der Waals surface area contributed by atoms with E-state index in [0.717, 1.165) is 10.6 Å². The summed E-state index contributed by atoms with van der Waals surface area (Å²) in [5.74, 6) is 0. The summed E-state index contributed by atoms with van der Waals surface area (Å²) in [5.41, 5.74) is 2.37. The Labute approximate surface area is 192 Å². The summed E-state index contributed by atoms with van der Waals surface area (Å²) in [7, 11) is -5.22. The smallest absolute Gasteiger partial charge is 0.204 e. The first-order valence-electron chi connectivity index (χ1n) is 11.0. The molecule has 0 heterocycles. The number of hydrogen-bond donors (Lipinski definition) is 1. The number of nitrogens with one attached hydrogen (secondary N) is 1. The molecule has 4 aromatic carbocycles. The minimum absolute atomic E-state index is 0.0314. The number of rotatable bonds is 7. The van der Waals surface area contributed by atoms with Crippen molar-refractivity contribution in [3.8, 4) is 0 Å². The van der Waals surface area contributed by atoms with Crippen molar-refractivity contribution >= 4 is 31.2 Å². The Balaban J connectivity index is 1.89. The first-order valence-corrected chi connectivity index (χ1v) is 15.8. The highest BCUT2D eigenvalue weighted by Gasteiger charge is 2.40. The molecular formula is C28H30NOPSi. The fourth-order valence-corrected chi connectivity index (χ4v) is 10.8. The minimum Gasteiger partial charge on any atom is -0.297 e. The first-order chi connectivity index (χ1) is 15.4. The Hall–Kier alpha value is -2.71. The van der Waals surface area contributed by atoms with Gasteiger partial charge in [0.1, 0.15) is 8.07 Å². The van der Waals surface area contributed by atoms with Crippen LogP contribution in [0.3, 0.4) is 0 Å². The molecule has 0 bridgehead atoms. The summed E-state index contributed by atoms with van der Waals surface area (Å²) in [4.78, 5) is 0. The van der Waals surface area contributed by atoms with Crippen molar-refractivity contribution in [2.75, 3.05) is 0 Å². The van der Waals surface area contributed by atoms with Crippen LogP contribution >= 0.6 is 7.29 Å². The summed E-state index contributed by atoms with van der Waals surface area (Å²) in [6.07, 6.45) is 0. The number of hydrogen-bond acceptors (Lipinski definition) is 1. The summed E-state index contributed by atoms with van der Waals surface area (Å²) in [6, 6.07) is 39.0. The van der Waals surface area contributed by atoms with E-state index in [9.17, 15) is 4.57 Å². The van der Waals surface area contributed by atoms with Gasteiger partial charge in [-0.2, -0.15) is 0 Å². The molecule has 32 heavy (non-hydrogen) atoms. The van der Waals surface area contributed by atoms with Gasteiger partial charge >= 0.3 is 0 Å². The molecular weight excluding hydrogens is 425 g/mol. The molecule has 4 rings (SSSR count). The van der Waals surface area contributed by atoms with Crippen LogP contribution in [0, 0.1) is 6.92 Å². The van der Waals surface area contributed by atoms with E-state index >= 15 is 0 Å². The number of benzene rings is 4. The second-order valence-electron chi connectivity index (χ2n) is 8.84. The van der Waals surface area contributed by atoms with E-state index in [1.807, 2.05) is 60.7 Å². The topological polar surface area (TPSA) is 29.1 Å². The van der Waals surface area contributed by atoms with Gasteiger partial charge in [0.2, 0.25) is 7.29 Å². The van der Waals surface area contributed by atoms with E-state index in [4.69, 9.17) is 0 Å². The second-order valence-corrected chi connectivity index (χ2v) is 16.0. The van der Waals surface area contributed by atoms with Gasteiger partial charge in [0.15, 0.2) is 0 Å². The molecule has 0 aliphatic rings. The van der Waals surface area contributed by atoms with Crippen molar-refractivity contribution in [1.29, 1.82) is 0 Å². The molecule has 0 aliphatic heterocycles. The lowest BCUT2D eigenvalue weighted by Crippen LogP contribution is -2.53. The molecule has 4 heteroatoms. The average Bonchev–Trinajstić information content (AvgIpc) is 2.84. The highest BCUT2D eigenvalue weighted by atomic mass is 31.2. The minimum atomic E-state index is -3.09. The molecule has 0 aliphatic carbocycles. The van der Waals surface area contributed by atoms with Crippen molar-refractivity contribution in [2.24, 2.45) is 0 Å². The van der Waals surface area contributed by atoms with Gasteiger partial charge in [-0.15, -0.1) is 0 Å². The molecule has 2 nitrogen and oxygen atoms in total. The molecule has 1 atom stereocenters. The monoisotopic (exact) mass is 455 g/mol. The molecule has 4 aromatic rings. The van der Waals surface area contributed by atoms with Crippen molar-refractivity contribution < 1.29 is 4.57 Å². The van der Waals surface area contributed by atoms with Crippen molar-refractivity contribution in [1.82, 2.24) is 5.09 Å². The zero-order valence-corrected chi connectivity index (χ0v) is 20.8. The van der Waals surface area contributed by atoms with Gasteiger partial charge in [0, 0.05) is 16.3 Å². The summed E-state index contributed by atoms with van der Waals surface area (Å²) in [6.45, 7) is 6.84. The molecule has 1 N–H and O–H groups in total. The Bertz CT molecular complexity index is 1170. The molecule has 0 saturated heterocycles. The van der Waals surface area contributed by atoms with Gasteiger partial charge in [-0.05, 0) is 36.8 Å². The second kappa shape index (κ2) is 9.42. The first kappa shape index (κ1) is 22.5. The lowest BCUT2D eigenvalue weighted by Gasteiger charge is -2.37. The van der Waals surface area contributed by atoms with Gasteiger partial charge in [-0.1, -0.05) is 115 Å². The zero-order chi connectivity index (χ0) is 22.6. The Kier molecular flexibility index (Phi) is 6.62. The SMILES string of the molecule is Cc1cccc(C(NP(=O)(c2ccccc2)c2ccccc2)[Si](C)(C)c2ccccc2)c1. The van der Waals surface area contributed by atoms with Crippen molar-refractivity contribution in [3.63, 3.8) is 0 Å². The quantitative estimate of drug-likeness (QED) is 0.286. The van der Waals surface area contributed by atoms with Gasteiger partial charge in [0.25, 0.3) is 0 Å². The van der Waals surface area contributed by atoms with Gasteiger partial charge in [0.05, 0.1) is 0 Å². The van der Waals surface area contributed by atoms with Gasteiger partial charge in [-0.25, -0.2) is 0 Å². The maximum atomic E-state index is 14.9. The third-order valence-corrected chi connectivity index (χ3v) is 12.8. The lowest BCUT2D eigenvalue weighted by molar-refractivity contribution is 0.575. The normalized spacial score (nSPS) is 13.0. The van der Waals surface area contributed by atoms with Crippen LogP contribution in [0.5, 0.6) is 0 Å². The van der Waals surface area contributed by atoms with E-state index in [1.54, 1.807) is 0 Å². The maximum Gasteiger partial charge on any atom is 0.204 e. The van der Waals surface area contributed by atoms with Crippen LogP contribution in [-0.4, -0.2) is 8.07 Å². The van der Waals surface area contributed by atoms with E-state index < -0.39 is 15.4 Å². The fraction of sp³-hybridized carbons (Fsp3) is 0.143. The maximum absolute atomic E-state index is 14.9. The molecule has 0 fully saturated rings. The third-order valence-electron chi connectivity index (χ3n) is 6.17. The highest BCUT2D eigenvalue weighted by molar-refractivity contribution is 7.77. The molecule has 0 amide bonds. The molecule has 0 saturated carbocycles. The van der Waals surface area contributed by atoms with Crippen LogP contribution in [-0.2, 0) is 4.57 Å². The van der Waals surface area contributed by atoms with Crippen LogP contribution in [0.1, 0.15) is 16.8 Å². The molecule has 162 valence electrons. The summed E-state index contributed by atoms with van der Waals surface area (Å²) < 4.78 is 14.9. The molecule has 0 spiro atoms. The molecule has 0 aromatic heterocycles. The van der Waals surface area contributed by atoms with Gasteiger partial charge in [-0.3, -0.25) is 9.65 Å². The van der Waals surface area contributed by atoms with E-state index in [0.29, 0.717) is 0 Å². The van der Waals surface area contributed by atoms with E-state index in [-0.39, 0.29) is 5.67 Å². The van der Waals surface area contributed by atoms with Crippen LogP contribution in [0.15, 0.2) is 115 Å². The lowest BCUT2D eigenvalue weighted by atomic mass is 10.1. The molecule has 1 unspecified atom stereocenters. The van der Waals surface area contributed by atoms with E-state index in [1.165, 1.54) is 16.3 Å². The van der Waals surface area contributed by atoms with Crippen molar-refractivity contribution in [3.05, 3.63) is 126 Å². The Morgan fingerprint density at radius 2 is 1.19 bits per heavy atom. The molecule has 0 radical (unpaired) electrons. The Morgan fingerprint density at radius 3 is 1.69 bits per heavy atom. The van der Waals surface area contributed by atoms with Crippen molar-refractivity contribution in [2.45, 2.75) is 25.7 Å². The number of aryl methyl sites for hydroxylation is 1. The predicted octanol–water partition coefficient (Wildman–Crippen LogP) is 5.71. The average molecular weight is 456 g/mol. The van der Waals surface area contributed by atoms with Gasteiger partial charge < -0.3 is 0 Å². The summed E-state index contributed by atoms with van der Waals surface area (Å²) >= 11 is 0. The van der Waals surface area contributed by atoms with Crippen LogP contribution in [0.25, 0.3) is 0 Å². The van der Waals surface area contributed by atoms with Crippen LogP contribution in [0.4, 0.5) is 0 Å². The van der Waals surface area contributed by atoms with E-state index in [2.05, 4.69) is 79.7 Å². The summed E-state index contributed by atoms with van der Waals surface area (Å²) in [5, 5.41) is 6.77.